The maximum Gasteiger partial charge on any atom is 0.214 e. The summed E-state index contributed by atoms with van der Waals surface area (Å²) in [6, 6.07) is 0. The van der Waals surface area contributed by atoms with E-state index in [2.05, 4.69) is 0 Å². The van der Waals surface area contributed by atoms with Crippen LogP contribution in [0.3, 0.4) is 0 Å². The molecule has 3 nitrogen and oxygen atoms in total. The van der Waals surface area contributed by atoms with Crippen molar-refractivity contribution in [3.05, 3.63) is 0 Å². The van der Waals surface area contributed by atoms with Crippen LogP contribution in [0.25, 0.3) is 0 Å². The van der Waals surface area contributed by atoms with Crippen molar-refractivity contribution in [2.24, 2.45) is 5.92 Å². The second-order valence-corrected chi connectivity index (χ2v) is 6.63. The van der Waals surface area contributed by atoms with Crippen molar-refractivity contribution in [1.29, 1.82) is 0 Å². The summed E-state index contributed by atoms with van der Waals surface area (Å²) >= 11 is 5.52. The van der Waals surface area contributed by atoms with Gasteiger partial charge in [-0.15, -0.1) is 11.6 Å². The minimum Gasteiger partial charge on any atom is -0.212 e. The summed E-state index contributed by atoms with van der Waals surface area (Å²) in [5.41, 5.74) is 0. The molecule has 0 aromatic rings. The molecular weight excluding hydrogens is 234 g/mol. The standard InChI is InChI=1S/C10H20ClNO2S/c1-2-7-12(9-10-4-5-10)15(13,14)8-3-6-11/h10H,2-9H2,1H3. The summed E-state index contributed by atoms with van der Waals surface area (Å²) in [6.07, 6.45) is 3.80. The smallest absolute Gasteiger partial charge is 0.212 e. The molecule has 1 fully saturated rings. The number of nitrogens with zero attached hydrogens (tertiary/aromatic N) is 1. The molecule has 15 heavy (non-hydrogen) atoms. The van der Waals surface area contributed by atoms with Crippen molar-refractivity contribution in [2.75, 3.05) is 24.7 Å². The second kappa shape index (κ2) is 6.06. The Morgan fingerprint density at radius 2 is 2.07 bits per heavy atom. The second-order valence-electron chi connectivity index (χ2n) is 4.16. The van der Waals surface area contributed by atoms with Crippen LogP contribution < -0.4 is 0 Å². The fourth-order valence-electron chi connectivity index (χ4n) is 1.55. The average molecular weight is 254 g/mol. The third-order valence-corrected chi connectivity index (χ3v) is 4.75. The van der Waals surface area contributed by atoms with Crippen LogP contribution in [0, 0.1) is 5.92 Å². The van der Waals surface area contributed by atoms with Crippen LogP contribution in [-0.4, -0.2) is 37.4 Å². The topological polar surface area (TPSA) is 37.4 Å². The largest absolute Gasteiger partial charge is 0.214 e. The highest BCUT2D eigenvalue weighted by atomic mass is 35.5. The van der Waals surface area contributed by atoms with Gasteiger partial charge < -0.3 is 0 Å². The lowest BCUT2D eigenvalue weighted by Gasteiger charge is -2.21. The molecule has 0 N–H and O–H groups in total. The SMILES string of the molecule is CCCN(CC1CC1)S(=O)(=O)CCCCl. The Morgan fingerprint density at radius 1 is 1.40 bits per heavy atom. The summed E-state index contributed by atoms with van der Waals surface area (Å²) in [6.45, 7) is 3.39. The van der Waals surface area contributed by atoms with Gasteiger partial charge >= 0.3 is 0 Å². The lowest BCUT2D eigenvalue weighted by atomic mass is 10.4. The van der Waals surface area contributed by atoms with Gasteiger partial charge in [-0.25, -0.2) is 12.7 Å². The maximum atomic E-state index is 11.9. The van der Waals surface area contributed by atoms with E-state index in [0.717, 1.165) is 13.0 Å². The van der Waals surface area contributed by atoms with E-state index in [-0.39, 0.29) is 5.75 Å². The molecule has 0 radical (unpaired) electrons. The summed E-state index contributed by atoms with van der Waals surface area (Å²) in [4.78, 5) is 0. The minimum atomic E-state index is -3.05. The van der Waals surface area contributed by atoms with E-state index in [1.165, 1.54) is 12.8 Å². The predicted octanol–water partition coefficient (Wildman–Crippen LogP) is 2.07. The Labute approximate surface area is 97.8 Å². The van der Waals surface area contributed by atoms with Gasteiger partial charge in [0.15, 0.2) is 0 Å². The van der Waals surface area contributed by atoms with Gasteiger partial charge in [-0.1, -0.05) is 6.92 Å². The minimum absolute atomic E-state index is 0.198. The Bertz CT molecular complexity index is 275. The normalized spacial score (nSPS) is 17.3. The highest BCUT2D eigenvalue weighted by Gasteiger charge is 2.29. The van der Waals surface area contributed by atoms with Crippen LogP contribution in [-0.2, 0) is 10.0 Å². The highest BCUT2D eigenvalue weighted by Crippen LogP contribution is 2.30. The third-order valence-electron chi connectivity index (χ3n) is 2.56. The van der Waals surface area contributed by atoms with Crippen LogP contribution in [0.15, 0.2) is 0 Å². The number of hydrogen-bond donors (Lipinski definition) is 0. The molecule has 5 heteroatoms. The fraction of sp³-hybridized carbons (Fsp3) is 1.00. The van der Waals surface area contributed by atoms with Crippen molar-refractivity contribution in [1.82, 2.24) is 4.31 Å². The molecule has 1 saturated carbocycles. The molecule has 0 aromatic heterocycles. The van der Waals surface area contributed by atoms with Gasteiger partial charge in [0.2, 0.25) is 10.0 Å². The molecule has 1 aliphatic rings. The van der Waals surface area contributed by atoms with Gasteiger partial charge in [-0.2, -0.15) is 0 Å². The summed E-state index contributed by atoms with van der Waals surface area (Å²) in [5, 5.41) is 0. The average Bonchev–Trinajstić information content (AvgIpc) is 2.98. The molecule has 0 heterocycles. The molecule has 0 spiro atoms. The zero-order valence-electron chi connectivity index (χ0n) is 9.28. The lowest BCUT2D eigenvalue weighted by Crippen LogP contribution is -2.35. The van der Waals surface area contributed by atoms with Gasteiger partial charge in [0, 0.05) is 19.0 Å². The number of alkyl halides is 1. The molecule has 0 aliphatic heterocycles. The van der Waals surface area contributed by atoms with E-state index < -0.39 is 10.0 Å². The summed E-state index contributed by atoms with van der Waals surface area (Å²) < 4.78 is 25.5. The number of hydrogen-bond acceptors (Lipinski definition) is 2. The van der Waals surface area contributed by atoms with Gasteiger partial charge in [-0.3, -0.25) is 0 Å². The first-order chi connectivity index (χ1) is 7.10. The van der Waals surface area contributed by atoms with E-state index in [0.29, 0.717) is 24.8 Å². The first kappa shape index (κ1) is 13.3. The number of sulfonamides is 1. The zero-order chi connectivity index (χ0) is 11.3. The molecular formula is C10H20ClNO2S. The van der Waals surface area contributed by atoms with Gasteiger partial charge in [-0.05, 0) is 31.6 Å². The Hall–Kier alpha value is 0.200. The van der Waals surface area contributed by atoms with E-state index in [4.69, 9.17) is 11.6 Å². The van der Waals surface area contributed by atoms with E-state index in [9.17, 15) is 8.42 Å². The quantitative estimate of drug-likeness (QED) is 0.621. The molecule has 0 atom stereocenters. The van der Waals surface area contributed by atoms with Crippen molar-refractivity contribution >= 4 is 21.6 Å². The van der Waals surface area contributed by atoms with Crippen molar-refractivity contribution in [3.63, 3.8) is 0 Å². The van der Waals surface area contributed by atoms with Crippen LogP contribution in [0.5, 0.6) is 0 Å². The van der Waals surface area contributed by atoms with Crippen LogP contribution >= 0.6 is 11.6 Å². The fourth-order valence-corrected chi connectivity index (χ4v) is 3.51. The Kier molecular flexibility index (Phi) is 5.36. The molecule has 90 valence electrons. The predicted molar refractivity (Wildman–Crippen MR) is 63.7 cm³/mol. The van der Waals surface area contributed by atoms with E-state index >= 15 is 0 Å². The number of halogens is 1. The molecule has 1 rings (SSSR count). The molecule has 0 amide bonds. The van der Waals surface area contributed by atoms with Gasteiger partial charge in [0.05, 0.1) is 5.75 Å². The summed E-state index contributed by atoms with van der Waals surface area (Å²) in [5.74, 6) is 1.23. The number of rotatable bonds is 8. The van der Waals surface area contributed by atoms with Gasteiger partial charge in [0.25, 0.3) is 0 Å². The van der Waals surface area contributed by atoms with E-state index in [1.54, 1.807) is 4.31 Å². The van der Waals surface area contributed by atoms with Crippen LogP contribution in [0.2, 0.25) is 0 Å². The molecule has 0 unspecified atom stereocenters. The van der Waals surface area contributed by atoms with Crippen molar-refractivity contribution in [3.8, 4) is 0 Å². The lowest BCUT2D eigenvalue weighted by molar-refractivity contribution is 0.395. The van der Waals surface area contributed by atoms with Gasteiger partial charge in [0.1, 0.15) is 0 Å². The van der Waals surface area contributed by atoms with Crippen molar-refractivity contribution in [2.45, 2.75) is 32.6 Å². The molecule has 0 aromatic carbocycles. The molecule has 1 aliphatic carbocycles. The monoisotopic (exact) mass is 253 g/mol. The van der Waals surface area contributed by atoms with Crippen molar-refractivity contribution < 1.29 is 8.42 Å². The third kappa shape index (κ3) is 4.70. The highest BCUT2D eigenvalue weighted by molar-refractivity contribution is 7.89. The Balaban J connectivity index is 2.50. The summed E-state index contributed by atoms with van der Waals surface area (Å²) in [7, 11) is -3.05. The molecule has 0 saturated heterocycles. The van der Waals surface area contributed by atoms with Crippen LogP contribution in [0.1, 0.15) is 32.6 Å². The first-order valence-electron chi connectivity index (χ1n) is 5.64. The molecule has 0 bridgehead atoms. The first-order valence-corrected chi connectivity index (χ1v) is 7.78. The van der Waals surface area contributed by atoms with E-state index in [1.807, 2.05) is 6.92 Å². The van der Waals surface area contributed by atoms with Crippen LogP contribution in [0.4, 0.5) is 0 Å². The maximum absolute atomic E-state index is 11.9. The Morgan fingerprint density at radius 3 is 2.53 bits per heavy atom. The zero-order valence-corrected chi connectivity index (χ0v) is 10.9.